The van der Waals surface area contributed by atoms with E-state index in [1.165, 1.54) is 23.2 Å². The van der Waals surface area contributed by atoms with Crippen molar-refractivity contribution in [3.05, 3.63) is 81.5 Å². The molecule has 1 aliphatic heterocycles. The zero-order valence-electron chi connectivity index (χ0n) is 16.6. The molecule has 0 aliphatic carbocycles. The number of primary amides is 1. The average molecular weight is 467 g/mol. The van der Waals surface area contributed by atoms with Crippen LogP contribution < -0.4 is 15.4 Å². The molecule has 0 bridgehead atoms. The topological polar surface area (TPSA) is 109 Å². The summed E-state index contributed by atoms with van der Waals surface area (Å²) in [6, 6.07) is 15.0. The molecule has 0 radical (unpaired) electrons. The molecule has 1 fully saturated rings. The molecule has 160 valence electrons. The van der Waals surface area contributed by atoms with Crippen LogP contribution in [0.1, 0.15) is 33.8 Å². The number of hydrogen-bond donors (Lipinski definition) is 1. The minimum absolute atomic E-state index is 0.152. The molecule has 1 aliphatic rings. The fourth-order valence-corrected chi connectivity index (χ4v) is 3.98. The van der Waals surface area contributed by atoms with Gasteiger partial charge in [-0.1, -0.05) is 35.3 Å². The number of anilines is 1. The van der Waals surface area contributed by atoms with E-state index in [9.17, 15) is 14.9 Å². The highest BCUT2D eigenvalue weighted by Crippen LogP contribution is 2.41. The fraction of sp³-hybridized carbons (Fsp3) is 0.130. The number of aromatic nitrogens is 1. The van der Waals surface area contributed by atoms with Crippen LogP contribution in [0.5, 0.6) is 11.5 Å². The van der Waals surface area contributed by atoms with E-state index in [2.05, 4.69) is 11.1 Å². The first kappa shape index (κ1) is 21.6. The molecule has 2 aromatic carbocycles. The third-order valence-electron chi connectivity index (χ3n) is 5.15. The summed E-state index contributed by atoms with van der Waals surface area (Å²) in [5.74, 6) is -0.0125. The van der Waals surface area contributed by atoms with Gasteiger partial charge in [-0.25, -0.2) is 4.98 Å². The number of carbonyl (C=O) groups is 2. The Kier molecular flexibility index (Phi) is 5.99. The van der Waals surface area contributed by atoms with Crippen molar-refractivity contribution in [2.75, 3.05) is 11.4 Å². The van der Waals surface area contributed by atoms with Gasteiger partial charge in [-0.2, -0.15) is 5.26 Å². The van der Waals surface area contributed by atoms with Crippen molar-refractivity contribution in [1.82, 2.24) is 4.98 Å². The molecule has 2 heterocycles. The molecule has 1 saturated heterocycles. The van der Waals surface area contributed by atoms with Crippen molar-refractivity contribution in [3.63, 3.8) is 0 Å². The van der Waals surface area contributed by atoms with Crippen molar-refractivity contribution in [2.24, 2.45) is 5.73 Å². The van der Waals surface area contributed by atoms with Crippen molar-refractivity contribution in [1.29, 1.82) is 5.26 Å². The highest BCUT2D eigenvalue weighted by atomic mass is 35.5. The quantitative estimate of drug-likeness (QED) is 0.587. The second-order valence-corrected chi connectivity index (χ2v) is 8.03. The lowest BCUT2D eigenvalue weighted by Crippen LogP contribution is -2.26. The molecule has 3 aromatic rings. The van der Waals surface area contributed by atoms with Gasteiger partial charge in [0.05, 0.1) is 10.6 Å². The first-order chi connectivity index (χ1) is 15.4. The zero-order valence-corrected chi connectivity index (χ0v) is 18.1. The van der Waals surface area contributed by atoms with Gasteiger partial charge in [-0.3, -0.25) is 14.5 Å². The Morgan fingerprint density at radius 3 is 2.78 bits per heavy atom. The number of nitrogens with zero attached hydrogens (tertiary/aromatic N) is 3. The number of hydrogen-bond acceptors (Lipinski definition) is 5. The maximum absolute atomic E-state index is 12.8. The number of halogens is 2. The van der Waals surface area contributed by atoms with E-state index in [0.717, 1.165) is 5.56 Å². The smallest absolute Gasteiger partial charge is 0.248 e. The van der Waals surface area contributed by atoms with Crippen molar-refractivity contribution in [3.8, 4) is 17.6 Å². The van der Waals surface area contributed by atoms with Crippen LogP contribution >= 0.6 is 23.2 Å². The molecule has 4 rings (SSSR count). The van der Waals surface area contributed by atoms with Gasteiger partial charge in [0.2, 0.25) is 11.8 Å². The third-order valence-corrected chi connectivity index (χ3v) is 5.68. The first-order valence-corrected chi connectivity index (χ1v) is 10.3. The van der Waals surface area contributed by atoms with E-state index < -0.39 is 5.91 Å². The summed E-state index contributed by atoms with van der Waals surface area (Å²) < 4.78 is 6.04. The molecule has 9 heteroatoms. The van der Waals surface area contributed by atoms with Crippen LogP contribution in [-0.4, -0.2) is 23.3 Å². The Bertz CT molecular complexity index is 1270. The molecule has 1 atom stereocenters. The number of rotatable bonds is 5. The van der Waals surface area contributed by atoms with E-state index in [1.807, 2.05) is 0 Å². The normalized spacial score (nSPS) is 15.5. The molecule has 2 amide bonds. The largest absolute Gasteiger partial charge is 0.454 e. The molecule has 0 saturated carbocycles. The van der Waals surface area contributed by atoms with Gasteiger partial charge in [0.25, 0.3) is 0 Å². The standard InChI is InChI=1S/C23H16Cl2N4O3/c24-16-4-5-17(19(10-16)32-22-14(11-26)2-1-3-18(22)25)15-9-21(30)29(12-15)20-8-13(23(27)31)6-7-28-20/h1-8,10,15H,9,12H2,(H2,27,31)/t15-/m0/s1. The van der Waals surface area contributed by atoms with Gasteiger partial charge >= 0.3 is 0 Å². The molecule has 0 spiro atoms. The van der Waals surface area contributed by atoms with E-state index in [4.69, 9.17) is 33.7 Å². The SMILES string of the molecule is N#Cc1cccc(Cl)c1Oc1cc(Cl)ccc1[C@H]1CC(=O)N(c2cc(C(N)=O)ccn2)C1. The molecular weight excluding hydrogens is 451 g/mol. The average Bonchev–Trinajstić information content (AvgIpc) is 3.16. The number of para-hydroxylation sites is 1. The zero-order chi connectivity index (χ0) is 22.8. The van der Waals surface area contributed by atoms with E-state index in [1.54, 1.807) is 36.4 Å². The van der Waals surface area contributed by atoms with Crippen molar-refractivity contribution in [2.45, 2.75) is 12.3 Å². The summed E-state index contributed by atoms with van der Waals surface area (Å²) in [6.07, 6.45) is 1.64. The Hall–Kier alpha value is -3.60. The minimum atomic E-state index is -0.599. The molecule has 0 unspecified atom stereocenters. The van der Waals surface area contributed by atoms with Crippen LogP contribution in [-0.2, 0) is 4.79 Å². The Labute approximate surface area is 193 Å². The van der Waals surface area contributed by atoms with Gasteiger partial charge in [0.15, 0.2) is 5.75 Å². The number of nitriles is 1. The lowest BCUT2D eigenvalue weighted by molar-refractivity contribution is -0.117. The van der Waals surface area contributed by atoms with Crippen molar-refractivity contribution >= 4 is 40.8 Å². The molecule has 1 aromatic heterocycles. The Morgan fingerprint density at radius 1 is 1.22 bits per heavy atom. The lowest BCUT2D eigenvalue weighted by atomic mass is 9.97. The van der Waals surface area contributed by atoms with Crippen molar-refractivity contribution < 1.29 is 14.3 Å². The van der Waals surface area contributed by atoms with Crippen LogP contribution in [0.15, 0.2) is 54.7 Å². The second-order valence-electron chi connectivity index (χ2n) is 7.18. The van der Waals surface area contributed by atoms with Crippen LogP contribution in [0.4, 0.5) is 5.82 Å². The minimum Gasteiger partial charge on any atom is -0.454 e. The maximum atomic E-state index is 12.8. The summed E-state index contributed by atoms with van der Waals surface area (Å²) >= 11 is 12.5. The number of benzene rings is 2. The Balaban J connectivity index is 1.67. The summed E-state index contributed by atoms with van der Waals surface area (Å²) in [7, 11) is 0. The number of nitrogens with two attached hydrogens (primary N) is 1. The summed E-state index contributed by atoms with van der Waals surface area (Å²) in [5, 5.41) is 10.1. The number of carbonyl (C=O) groups excluding carboxylic acids is 2. The highest BCUT2D eigenvalue weighted by Gasteiger charge is 2.34. The Morgan fingerprint density at radius 2 is 2.03 bits per heavy atom. The van der Waals surface area contributed by atoms with Gasteiger partial charge in [-0.05, 0) is 36.4 Å². The molecular formula is C23H16Cl2N4O3. The van der Waals surface area contributed by atoms with E-state index >= 15 is 0 Å². The molecule has 7 nitrogen and oxygen atoms in total. The number of pyridine rings is 1. The third kappa shape index (κ3) is 4.24. The summed E-state index contributed by atoms with van der Waals surface area (Å²) in [5.41, 5.74) is 6.63. The van der Waals surface area contributed by atoms with Gasteiger partial charge in [0.1, 0.15) is 17.6 Å². The second kappa shape index (κ2) is 8.87. The first-order valence-electron chi connectivity index (χ1n) is 9.59. The fourth-order valence-electron chi connectivity index (χ4n) is 3.60. The van der Waals surface area contributed by atoms with Gasteiger partial charge in [0, 0.05) is 41.2 Å². The predicted molar refractivity (Wildman–Crippen MR) is 120 cm³/mol. The maximum Gasteiger partial charge on any atom is 0.248 e. The molecule has 2 N–H and O–H groups in total. The number of amides is 2. The monoisotopic (exact) mass is 466 g/mol. The highest BCUT2D eigenvalue weighted by molar-refractivity contribution is 6.32. The van der Waals surface area contributed by atoms with Gasteiger partial charge in [-0.15, -0.1) is 0 Å². The van der Waals surface area contributed by atoms with Crippen LogP contribution in [0.25, 0.3) is 0 Å². The van der Waals surface area contributed by atoms with Gasteiger partial charge < -0.3 is 10.5 Å². The number of ether oxygens (including phenoxy) is 1. The lowest BCUT2D eigenvalue weighted by Gasteiger charge is -2.19. The van der Waals surface area contributed by atoms with Crippen LogP contribution in [0.3, 0.4) is 0 Å². The van der Waals surface area contributed by atoms with E-state index in [0.29, 0.717) is 23.1 Å². The van der Waals surface area contributed by atoms with E-state index in [-0.39, 0.29) is 40.1 Å². The molecule has 32 heavy (non-hydrogen) atoms. The summed E-state index contributed by atoms with van der Waals surface area (Å²) in [6.45, 7) is 0.319. The van der Waals surface area contributed by atoms with Crippen LogP contribution in [0.2, 0.25) is 10.0 Å². The van der Waals surface area contributed by atoms with Crippen LogP contribution in [0, 0.1) is 11.3 Å². The summed E-state index contributed by atoms with van der Waals surface area (Å²) in [4.78, 5) is 30.0. The predicted octanol–water partition coefficient (Wildman–Crippen LogP) is 4.67.